The molecule has 0 aromatic heterocycles. The molecule has 2 aliphatic rings. The Morgan fingerprint density at radius 3 is 2.65 bits per heavy atom. The predicted octanol–water partition coefficient (Wildman–Crippen LogP) is 0.710. The van der Waals surface area contributed by atoms with Crippen LogP contribution in [0, 0.1) is 17.7 Å². The van der Waals surface area contributed by atoms with Crippen molar-refractivity contribution in [3.8, 4) is 0 Å². The minimum atomic E-state index is -3.52. The van der Waals surface area contributed by atoms with Gasteiger partial charge in [-0.25, -0.2) is 4.39 Å². The largest absolute Gasteiger partial charge is 0.375 e. The minimum absolute atomic E-state index is 0.0128. The highest BCUT2D eigenvalue weighted by Gasteiger charge is 2.51. The van der Waals surface area contributed by atoms with E-state index in [2.05, 4.69) is 0 Å². The van der Waals surface area contributed by atoms with Gasteiger partial charge in [0.2, 0.25) is 5.91 Å². The van der Waals surface area contributed by atoms with Gasteiger partial charge in [-0.1, -0.05) is 12.1 Å². The lowest BCUT2D eigenvalue weighted by Gasteiger charge is -2.30. The number of rotatable bonds is 5. The van der Waals surface area contributed by atoms with Gasteiger partial charge in [-0.3, -0.25) is 4.79 Å². The molecule has 2 fully saturated rings. The molecule has 144 valence electrons. The number of methoxy groups -OCH3 is 1. The van der Waals surface area contributed by atoms with Crippen molar-refractivity contribution >= 4 is 16.1 Å². The summed E-state index contributed by atoms with van der Waals surface area (Å²) in [5.74, 6) is -0.606. The van der Waals surface area contributed by atoms with E-state index in [-0.39, 0.29) is 36.2 Å². The highest BCUT2D eigenvalue weighted by Crippen LogP contribution is 2.45. The summed E-state index contributed by atoms with van der Waals surface area (Å²) in [5, 5.41) is 0. The molecule has 1 aromatic rings. The number of benzene rings is 1. The van der Waals surface area contributed by atoms with Crippen LogP contribution in [0.2, 0.25) is 0 Å². The van der Waals surface area contributed by atoms with Gasteiger partial charge < -0.3 is 9.64 Å². The minimum Gasteiger partial charge on any atom is -0.375 e. The Bertz CT molecular complexity index is 786. The zero-order valence-electron chi connectivity index (χ0n) is 15.1. The van der Waals surface area contributed by atoms with Crippen molar-refractivity contribution in [2.45, 2.75) is 6.04 Å². The monoisotopic (exact) mass is 385 g/mol. The second kappa shape index (κ2) is 7.22. The first-order valence-corrected chi connectivity index (χ1v) is 9.87. The number of carbonyl (C=O) groups is 1. The van der Waals surface area contributed by atoms with Gasteiger partial charge >= 0.3 is 0 Å². The fourth-order valence-corrected chi connectivity index (χ4v) is 5.21. The molecule has 0 radical (unpaired) electrons. The summed E-state index contributed by atoms with van der Waals surface area (Å²) in [5.41, 5.74) is 0.686. The molecule has 0 spiro atoms. The fraction of sp³-hybridized carbons (Fsp3) is 0.588. The van der Waals surface area contributed by atoms with Crippen LogP contribution in [0.4, 0.5) is 4.39 Å². The van der Waals surface area contributed by atoms with Crippen LogP contribution in [-0.4, -0.2) is 75.3 Å². The van der Waals surface area contributed by atoms with Gasteiger partial charge in [-0.15, -0.1) is 0 Å². The molecule has 0 bridgehead atoms. The number of hydrogen-bond acceptors (Lipinski definition) is 4. The molecule has 0 N–H and O–H groups in total. The summed E-state index contributed by atoms with van der Waals surface area (Å²) in [6, 6.07) is 5.81. The summed E-state index contributed by atoms with van der Waals surface area (Å²) in [4.78, 5) is 14.2. The van der Waals surface area contributed by atoms with E-state index in [1.807, 2.05) is 0 Å². The second-order valence-electron chi connectivity index (χ2n) is 7.01. The Kier molecular flexibility index (Phi) is 5.34. The molecule has 1 amide bonds. The number of hydrogen-bond donors (Lipinski definition) is 0. The van der Waals surface area contributed by atoms with Crippen molar-refractivity contribution in [3.05, 3.63) is 35.6 Å². The molecule has 26 heavy (non-hydrogen) atoms. The Morgan fingerprint density at radius 2 is 2.04 bits per heavy atom. The van der Waals surface area contributed by atoms with E-state index in [1.165, 1.54) is 41.9 Å². The summed E-state index contributed by atoms with van der Waals surface area (Å²) in [7, 11) is 0.944. The molecule has 0 aliphatic carbocycles. The molecular weight excluding hydrogens is 361 g/mol. The third-order valence-electron chi connectivity index (χ3n) is 5.20. The average Bonchev–Trinajstić information content (AvgIpc) is 3.12. The van der Waals surface area contributed by atoms with Gasteiger partial charge in [0.15, 0.2) is 0 Å². The molecule has 1 aromatic carbocycles. The first kappa shape index (κ1) is 19.2. The maximum atomic E-state index is 13.8. The first-order chi connectivity index (χ1) is 12.3. The fourth-order valence-electron chi connectivity index (χ4n) is 4.00. The molecule has 0 saturated carbocycles. The molecule has 3 rings (SSSR count). The third-order valence-corrected chi connectivity index (χ3v) is 7.07. The van der Waals surface area contributed by atoms with Gasteiger partial charge in [0.05, 0.1) is 6.04 Å². The number of ether oxygens (including phenoxy) is 1. The molecular formula is C17H24FN3O4S. The van der Waals surface area contributed by atoms with Gasteiger partial charge in [0, 0.05) is 46.8 Å². The van der Waals surface area contributed by atoms with Crippen molar-refractivity contribution in [2.24, 2.45) is 11.8 Å². The third kappa shape index (κ3) is 3.36. The zero-order valence-corrected chi connectivity index (χ0v) is 15.9. The Labute approximate surface area is 153 Å². The first-order valence-electron chi connectivity index (χ1n) is 8.47. The molecule has 3 atom stereocenters. The Balaban J connectivity index is 1.92. The standard InChI is InChI=1S/C17H24FN3O4S/c1-19(2)26(23,24)20-8-13-9-21(16(22)11-25-3)17(15(13)10-20)12-5-4-6-14(18)7-12/h4-7,13,15,17H,8-11H2,1-3H3/t13-,15-,17+/m1/s1. The molecule has 0 unspecified atom stereocenters. The van der Waals surface area contributed by atoms with Crippen molar-refractivity contribution in [1.82, 2.24) is 13.5 Å². The zero-order chi connectivity index (χ0) is 19.1. The van der Waals surface area contributed by atoms with E-state index in [1.54, 1.807) is 17.0 Å². The maximum absolute atomic E-state index is 13.8. The summed E-state index contributed by atoms with van der Waals surface area (Å²) in [6.07, 6.45) is 0. The van der Waals surface area contributed by atoms with Gasteiger partial charge in [-0.05, 0) is 23.6 Å². The number of amides is 1. The SMILES string of the molecule is COCC(=O)N1C[C@H]2CN(S(=O)(=O)N(C)C)C[C@H]2[C@@H]1c1cccc(F)c1. The lowest BCUT2D eigenvalue weighted by atomic mass is 9.89. The van der Waals surface area contributed by atoms with Crippen LogP contribution in [0.15, 0.2) is 24.3 Å². The van der Waals surface area contributed by atoms with E-state index in [0.29, 0.717) is 25.2 Å². The van der Waals surface area contributed by atoms with E-state index in [4.69, 9.17) is 4.74 Å². The molecule has 2 aliphatic heterocycles. The van der Waals surface area contributed by atoms with Crippen LogP contribution in [0.3, 0.4) is 0 Å². The summed E-state index contributed by atoms with van der Waals surface area (Å²) >= 11 is 0. The van der Waals surface area contributed by atoms with Gasteiger partial charge in [0.1, 0.15) is 12.4 Å². The van der Waals surface area contributed by atoms with Crippen molar-refractivity contribution in [1.29, 1.82) is 0 Å². The van der Waals surface area contributed by atoms with Crippen LogP contribution >= 0.6 is 0 Å². The quantitative estimate of drug-likeness (QED) is 0.749. The molecule has 2 saturated heterocycles. The van der Waals surface area contributed by atoms with Gasteiger partial charge in [0.25, 0.3) is 10.2 Å². The lowest BCUT2D eigenvalue weighted by molar-refractivity contribution is -0.136. The average molecular weight is 385 g/mol. The van der Waals surface area contributed by atoms with Crippen molar-refractivity contribution < 1.29 is 22.3 Å². The van der Waals surface area contributed by atoms with E-state index in [9.17, 15) is 17.6 Å². The number of likely N-dealkylation sites (tertiary alicyclic amines) is 1. The summed E-state index contributed by atoms with van der Waals surface area (Å²) in [6.45, 7) is 1.05. The Morgan fingerprint density at radius 1 is 1.31 bits per heavy atom. The molecule has 7 nitrogen and oxygen atoms in total. The number of halogens is 1. The summed E-state index contributed by atoms with van der Waals surface area (Å²) < 4.78 is 46.3. The van der Waals surface area contributed by atoms with E-state index in [0.717, 1.165) is 0 Å². The maximum Gasteiger partial charge on any atom is 0.281 e. The topological polar surface area (TPSA) is 70.2 Å². The second-order valence-corrected chi connectivity index (χ2v) is 9.15. The lowest BCUT2D eigenvalue weighted by Crippen LogP contribution is -2.42. The normalized spacial score (nSPS) is 26.5. The predicted molar refractivity (Wildman–Crippen MR) is 93.9 cm³/mol. The highest BCUT2D eigenvalue weighted by atomic mass is 32.2. The van der Waals surface area contributed by atoms with Crippen molar-refractivity contribution in [2.75, 3.05) is 47.4 Å². The molecule has 9 heteroatoms. The molecule has 2 heterocycles. The number of nitrogens with zero attached hydrogens (tertiary/aromatic N) is 3. The van der Waals surface area contributed by atoms with Gasteiger partial charge in [-0.2, -0.15) is 17.0 Å². The number of fused-ring (bicyclic) bond motifs is 1. The smallest absolute Gasteiger partial charge is 0.281 e. The highest BCUT2D eigenvalue weighted by molar-refractivity contribution is 7.86. The van der Waals surface area contributed by atoms with Crippen LogP contribution < -0.4 is 0 Å². The Hall–Kier alpha value is -1.55. The van der Waals surface area contributed by atoms with Crippen LogP contribution in [0.1, 0.15) is 11.6 Å². The van der Waals surface area contributed by atoms with Crippen molar-refractivity contribution in [3.63, 3.8) is 0 Å². The number of carbonyl (C=O) groups excluding carboxylic acids is 1. The van der Waals surface area contributed by atoms with Crippen LogP contribution in [0.5, 0.6) is 0 Å². The van der Waals surface area contributed by atoms with Crippen LogP contribution in [-0.2, 0) is 19.7 Å². The van der Waals surface area contributed by atoms with E-state index >= 15 is 0 Å². The van der Waals surface area contributed by atoms with E-state index < -0.39 is 10.2 Å². The van der Waals surface area contributed by atoms with Crippen LogP contribution in [0.25, 0.3) is 0 Å².